The highest BCUT2D eigenvalue weighted by molar-refractivity contribution is 9.10. The number of aliphatic imine (C=N–C) groups is 1. The van der Waals surface area contributed by atoms with Gasteiger partial charge in [-0.3, -0.25) is 14.6 Å². The van der Waals surface area contributed by atoms with E-state index in [0.717, 1.165) is 28.0 Å². The van der Waals surface area contributed by atoms with Crippen molar-refractivity contribution in [1.29, 1.82) is 0 Å². The van der Waals surface area contributed by atoms with Gasteiger partial charge in [-0.25, -0.2) is 0 Å². The lowest BCUT2D eigenvalue weighted by atomic mass is 10.1. The summed E-state index contributed by atoms with van der Waals surface area (Å²) in [5.41, 5.74) is 1.91. The molecule has 0 aromatic heterocycles. The number of halogens is 1. The number of hydrogen-bond donors (Lipinski definition) is 1. The zero-order valence-corrected chi connectivity index (χ0v) is 14.5. The van der Waals surface area contributed by atoms with Crippen LogP contribution in [0.5, 0.6) is 0 Å². The van der Waals surface area contributed by atoms with Crippen LogP contribution >= 0.6 is 27.7 Å². The maximum absolute atomic E-state index is 12.3. The van der Waals surface area contributed by atoms with Crippen molar-refractivity contribution in [2.45, 2.75) is 13.3 Å². The molecular formula is C15H16BrN3O2S. The average Bonchev–Trinajstić information content (AvgIpc) is 3.11. The SMILES string of the molecule is Cc1cc(N2C[C@@H](C(=O)NC3=NCCS3)CC2=O)ccc1Br. The van der Waals surface area contributed by atoms with Gasteiger partial charge in [0.2, 0.25) is 11.8 Å². The number of carbonyl (C=O) groups excluding carboxylic acids is 2. The highest BCUT2D eigenvalue weighted by Gasteiger charge is 2.35. The molecule has 0 bridgehead atoms. The second-order valence-corrected chi connectivity index (χ2v) is 7.30. The van der Waals surface area contributed by atoms with Gasteiger partial charge in [0.25, 0.3) is 0 Å². The van der Waals surface area contributed by atoms with E-state index in [-0.39, 0.29) is 24.2 Å². The largest absolute Gasteiger partial charge is 0.312 e. The van der Waals surface area contributed by atoms with Gasteiger partial charge in [-0.1, -0.05) is 27.7 Å². The van der Waals surface area contributed by atoms with Crippen LogP contribution in [0.4, 0.5) is 5.69 Å². The van der Waals surface area contributed by atoms with E-state index in [0.29, 0.717) is 11.7 Å². The van der Waals surface area contributed by atoms with Gasteiger partial charge in [-0.2, -0.15) is 0 Å². The first-order valence-electron chi connectivity index (χ1n) is 7.09. The molecule has 116 valence electrons. The van der Waals surface area contributed by atoms with Crippen molar-refractivity contribution in [2.24, 2.45) is 10.9 Å². The topological polar surface area (TPSA) is 61.8 Å². The minimum Gasteiger partial charge on any atom is -0.312 e. The number of rotatable bonds is 2. The Bertz CT molecular complexity index is 662. The van der Waals surface area contributed by atoms with Crippen molar-refractivity contribution >= 4 is 50.4 Å². The van der Waals surface area contributed by atoms with Crippen LogP contribution in [-0.4, -0.2) is 35.8 Å². The number of anilines is 1. The van der Waals surface area contributed by atoms with E-state index in [1.54, 1.807) is 16.7 Å². The lowest BCUT2D eigenvalue weighted by Gasteiger charge is -2.17. The molecule has 0 spiro atoms. The lowest BCUT2D eigenvalue weighted by molar-refractivity contribution is -0.125. The van der Waals surface area contributed by atoms with Crippen LogP contribution < -0.4 is 10.2 Å². The van der Waals surface area contributed by atoms with Gasteiger partial charge in [-0.05, 0) is 30.7 Å². The Morgan fingerprint density at radius 1 is 1.50 bits per heavy atom. The van der Waals surface area contributed by atoms with Crippen molar-refractivity contribution in [1.82, 2.24) is 5.32 Å². The van der Waals surface area contributed by atoms with Crippen molar-refractivity contribution in [3.63, 3.8) is 0 Å². The van der Waals surface area contributed by atoms with Crippen LogP contribution in [0.1, 0.15) is 12.0 Å². The van der Waals surface area contributed by atoms with Gasteiger partial charge in [0, 0.05) is 28.9 Å². The molecule has 1 aromatic rings. The molecule has 5 nitrogen and oxygen atoms in total. The van der Waals surface area contributed by atoms with E-state index >= 15 is 0 Å². The molecule has 7 heteroatoms. The first kappa shape index (κ1) is 15.6. The molecular weight excluding hydrogens is 366 g/mol. The Labute approximate surface area is 141 Å². The van der Waals surface area contributed by atoms with Gasteiger partial charge in [-0.15, -0.1) is 0 Å². The van der Waals surface area contributed by atoms with E-state index in [2.05, 4.69) is 26.2 Å². The van der Waals surface area contributed by atoms with Crippen LogP contribution in [0.25, 0.3) is 0 Å². The van der Waals surface area contributed by atoms with Gasteiger partial charge in [0.1, 0.15) is 0 Å². The second-order valence-electron chi connectivity index (χ2n) is 5.36. The molecule has 1 N–H and O–H groups in total. The number of carbonyl (C=O) groups is 2. The molecule has 1 aromatic carbocycles. The van der Waals surface area contributed by atoms with E-state index in [4.69, 9.17) is 0 Å². The van der Waals surface area contributed by atoms with Crippen LogP contribution in [-0.2, 0) is 9.59 Å². The molecule has 0 radical (unpaired) electrons. The minimum atomic E-state index is -0.319. The monoisotopic (exact) mass is 381 g/mol. The number of benzene rings is 1. The normalized spacial score (nSPS) is 21.2. The zero-order chi connectivity index (χ0) is 15.7. The van der Waals surface area contributed by atoms with E-state index in [1.807, 2.05) is 25.1 Å². The van der Waals surface area contributed by atoms with Crippen molar-refractivity contribution in [2.75, 3.05) is 23.7 Å². The molecule has 2 heterocycles. The maximum atomic E-state index is 12.3. The second kappa shape index (κ2) is 6.42. The standard InChI is InChI=1S/C15H16BrN3O2S/c1-9-6-11(2-3-12(9)16)19-8-10(7-13(19)20)14(21)18-15-17-4-5-22-15/h2-3,6,10H,4-5,7-8H2,1H3,(H,17,18,21)/t10-/m0/s1. The molecule has 1 atom stereocenters. The summed E-state index contributed by atoms with van der Waals surface area (Å²) in [7, 11) is 0. The predicted molar refractivity (Wildman–Crippen MR) is 92.2 cm³/mol. The summed E-state index contributed by atoms with van der Waals surface area (Å²) in [5, 5.41) is 3.50. The fraction of sp³-hybridized carbons (Fsp3) is 0.400. The predicted octanol–water partition coefficient (Wildman–Crippen LogP) is 2.33. The summed E-state index contributed by atoms with van der Waals surface area (Å²) < 4.78 is 1.01. The number of thioether (sulfide) groups is 1. The van der Waals surface area contributed by atoms with E-state index < -0.39 is 0 Å². The molecule has 2 amide bonds. The number of nitrogens with one attached hydrogen (secondary N) is 1. The first-order valence-corrected chi connectivity index (χ1v) is 8.87. The Balaban J connectivity index is 1.69. The van der Waals surface area contributed by atoms with Crippen LogP contribution in [0.15, 0.2) is 27.7 Å². The average molecular weight is 382 g/mol. The Hall–Kier alpha value is -1.34. The van der Waals surface area contributed by atoms with Gasteiger partial charge >= 0.3 is 0 Å². The van der Waals surface area contributed by atoms with Crippen molar-refractivity contribution in [3.05, 3.63) is 28.2 Å². The fourth-order valence-electron chi connectivity index (χ4n) is 2.55. The van der Waals surface area contributed by atoms with Gasteiger partial charge in [0.15, 0.2) is 5.17 Å². The third kappa shape index (κ3) is 3.20. The third-order valence-electron chi connectivity index (χ3n) is 3.76. The summed E-state index contributed by atoms with van der Waals surface area (Å²) in [6, 6.07) is 5.78. The molecule has 3 rings (SSSR count). The summed E-state index contributed by atoms with van der Waals surface area (Å²) in [6.07, 6.45) is 0.249. The smallest absolute Gasteiger partial charge is 0.231 e. The number of amides is 2. The quantitative estimate of drug-likeness (QED) is 0.854. The Morgan fingerprint density at radius 3 is 3.00 bits per heavy atom. The van der Waals surface area contributed by atoms with Crippen LogP contribution in [0.3, 0.4) is 0 Å². The summed E-state index contributed by atoms with van der Waals surface area (Å²) >= 11 is 5.00. The Kier molecular flexibility index (Phi) is 4.54. The van der Waals surface area contributed by atoms with E-state index in [9.17, 15) is 9.59 Å². The molecule has 22 heavy (non-hydrogen) atoms. The third-order valence-corrected chi connectivity index (χ3v) is 5.55. The lowest BCUT2D eigenvalue weighted by Crippen LogP contribution is -2.35. The fourth-order valence-corrected chi connectivity index (χ4v) is 3.53. The molecule has 0 unspecified atom stereocenters. The molecule has 0 saturated carbocycles. The van der Waals surface area contributed by atoms with E-state index in [1.165, 1.54) is 0 Å². The van der Waals surface area contributed by atoms with Crippen molar-refractivity contribution < 1.29 is 9.59 Å². The molecule has 1 fully saturated rings. The summed E-state index contributed by atoms with van der Waals surface area (Å²) in [5.74, 6) is 0.463. The molecule has 1 saturated heterocycles. The summed E-state index contributed by atoms with van der Waals surface area (Å²) in [6.45, 7) is 3.14. The highest BCUT2D eigenvalue weighted by Crippen LogP contribution is 2.28. The summed E-state index contributed by atoms with van der Waals surface area (Å²) in [4.78, 5) is 30.4. The van der Waals surface area contributed by atoms with Crippen LogP contribution in [0.2, 0.25) is 0 Å². The van der Waals surface area contributed by atoms with Gasteiger partial charge < -0.3 is 10.2 Å². The van der Waals surface area contributed by atoms with Crippen LogP contribution in [0, 0.1) is 12.8 Å². The first-order chi connectivity index (χ1) is 10.5. The number of hydrogen-bond acceptors (Lipinski definition) is 4. The molecule has 0 aliphatic carbocycles. The highest BCUT2D eigenvalue weighted by atomic mass is 79.9. The van der Waals surface area contributed by atoms with Gasteiger partial charge in [0.05, 0.1) is 12.5 Å². The number of nitrogens with zero attached hydrogens (tertiary/aromatic N) is 2. The van der Waals surface area contributed by atoms with Crippen molar-refractivity contribution in [3.8, 4) is 0 Å². The zero-order valence-electron chi connectivity index (χ0n) is 12.1. The minimum absolute atomic E-state index is 0.0112. The maximum Gasteiger partial charge on any atom is 0.231 e. The number of aryl methyl sites for hydroxylation is 1. The molecule has 2 aliphatic rings. The number of amidine groups is 1. The Morgan fingerprint density at radius 2 is 2.32 bits per heavy atom. The molecule has 2 aliphatic heterocycles.